The summed E-state index contributed by atoms with van der Waals surface area (Å²) in [5.74, 6) is -1.46. The van der Waals surface area contributed by atoms with Crippen molar-refractivity contribution in [2.45, 2.75) is 39.5 Å². The number of imide groups is 1. The van der Waals surface area contributed by atoms with Crippen LogP contribution in [0.25, 0.3) is 0 Å². The van der Waals surface area contributed by atoms with E-state index in [0.29, 0.717) is 6.54 Å². The van der Waals surface area contributed by atoms with Crippen molar-refractivity contribution in [1.29, 1.82) is 0 Å². The molecule has 2 unspecified atom stereocenters. The summed E-state index contributed by atoms with van der Waals surface area (Å²) in [6.07, 6.45) is 1.57. The van der Waals surface area contributed by atoms with Gasteiger partial charge in [0.15, 0.2) is 6.61 Å². The van der Waals surface area contributed by atoms with Gasteiger partial charge in [-0.1, -0.05) is 57.5 Å². The number of carbonyl (C=O) groups excluding carboxylic acids is 3. The Kier molecular flexibility index (Phi) is 8.54. The summed E-state index contributed by atoms with van der Waals surface area (Å²) in [4.78, 5) is 35.5. The molecule has 6 heteroatoms. The predicted octanol–water partition coefficient (Wildman–Crippen LogP) is 2.60. The molecule has 0 aliphatic carbocycles. The highest BCUT2D eigenvalue weighted by atomic mass is 16.5. The van der Waals surface area contributed by atoms with Gasteiger partial charge in [-0.2, -0.15) is 0 Å². The second-order valence-electron chi connectivity index (χ2n) is 5.69. The monoisotopic (exact) mass is 334 g/mol. The average molecular weight is 334 g/mol. The zero-order chi connectivity index (χ0) is 17.9. The molecule has 0 saturated carbocycles. The van der Waals surface area contributed by atoms with E-state index in [4.69, 9.17) is 4.74 Å². The first-order valence-corrected chi connectivity index (χ1v) is 8.28. The second-order valence-corrected chi connectivity index (χ2v) is 5.69. The summed E-state index contributed by atoms with van der Waals surface area (Å²) in [5.41, 5.74) is 0.859. The molecule has 132 valence electrons. The molecule has 1 aromatic rings. The van der Waals surface area contributed by atoms with E-state index in [0.717, 1.165) is 18.4 Å². The van der Waals surface area contributed by atoms with Gasteiger partial charge in [-0.15, -0.1) is 0 Å². The third-order valence-corrected chi connectivity index (χ3v) is 3.76. The van der Waals surface area contributed by atoms with Crippen molar-refractivity contribution in [2.24, 2.45) is 5.92 Å². The molecular formula is C18H26N2O4. The molecule has 0 heterocycles. The van der Waals surface area contributed by atoms with Crippen molar-refractivity contribution in [2.75, 3.05) is 13.2 Å². The lowest BCUT2D eigenvalue weighted by molar-refractivity contribution is -0.151. The lowest BCUT2D eigenvalue weighted by atomic mass is 9.86. The van der Waals surface area contributed by atoms with E-state index in [9.17, 15) is 14.4 Å². The Morgan fingerprint density at radius 1 is 1.12 bits per heavy atom. The molecular weight excluding hydrogens is 308 g/mol. The van der Waals surface area contributed by atoms with E-state index in [1.54, 1.807) is 0 Å². The van der Waals surface area contributed by atoms with Gasteiger partial charge in [-0.05, 0) is 17.9 Å². The third kappa shape index (κ3) is 6.40. The molecule has 1 aromatic carbocycles. The minimum Gasteiger partial charge on any atom is -0.455 e. The number of nitrogens with one attached hydrogen (secondary N) is 2. The number of rotatable bonds is 8. The van der Waals surface area contributed by atoms with Crippen LogP contribution in [0.2, 0.25) is 0 Å². The van der Waals surface area contributed by atoms with Crippen LogP contribution >= 0.6 is 0 Å². The van der Waals surface area contributed by atoms with Crippen LogP contribution in [-0.4, -0.2) is 31.1 Å². The number of amides is 3. The molecule has 0 bridgehead atoms. The van der Waals surface area contributed by atoms with E-state index >= 15 is 0 Å². The van der Waals surface area contributed by atoms with Crippen LogP contribution in [0, 0.1) is 5.92 Å². The number of benzene rings is 1. The van der Waals surface area contributed by atoms with Crippen molar-refractivity contribution in [3.05, 3.63) is 35.9 Å². The first kappa shape index (κ1) is 19.7. The maximum atomic E-state index is 12.4. The maximum Gasteiger partial charge on any atom is 0.321 e. The molecule has 3 amide bonds. The predicted molar refractivity (Wildman–Crippen MR) is 91.4 cm³/mol. The minimum absolute atomic E-state index is 0.0795. The molecule has 2 N–H and O–H groups in total. The number of ether oxygens (including phenoxy) is 1. The highest BCUT2D eigenvalue weighted by Gasteiger charge is 2.27. The topological polar surface area (TPSA) is 84.5 Å². The summed E-state index contributed by atoms with van der Waals surface area (Å²) in [6.45, 7) is 5.87. The summed E-state index contributed by atoms with van der Waals surface area (Å²) >= 11 is 0. The zero-order valence-electron chi connectivity index (χ0n) is 14.5. The Balaban J connectivity index is 2.60. The fourth-order valence-corrected chi connectivity index (χ4v) is 2.26. The van der Waals surface area contributed by atoms with Crippen LogP contribution in [0.3, 0.4) is 0 Å². The lowest BCUT2D eigenvalue weighted by Gasteiger charge is -2.21. The highest BCUT2D eigenvalue weighted by Crippen LogP contribution is 2.28. The van der Waals surface area contributed by atoms with Crippen molar-refractivity contribution in [1.82, 2.24) is 10.6 Å². The van der Waals surface area contributed by atoms with E-state index in [2.05, 4.69) is 10.6 Å². The van der Waals surface area contributed by atoms with Crippen LogP contribution in [0.5, 0.6) is 0 Å². The van der Waals surface area contributed by atoms with Crippen LogP contribution < -0.4 is 10.6 Å². The van der Waals surface area contributed by atoms with Crippen LogP contribution in [0.4, 0.5) is 4.79 Å². The Morgan fingerprint density at radius 3 is 2.38 bits per heavy atom. The fraction of sp³-hybridized carbons (Fsp3) is 0.500. The van der Waals surface area contributed by atoms with E-state index < -0.39 is 30.4 Å². The Labute approximate surface area is 143 Å². The van der Waals surface area contributed by atoms with Gasteiger partial charge in [0.25, 0.3) is 5.91 Å². The van der Waals surface area contributed by atoms with Crippen molar-refractivity contribution in [3.8, 4) is 0 Å². The van der Waals surface area contributed by atoms with Crippen molar-refractivity contribution >= 4 is 17.9 Å². The third-order valence-electron chi connectivity index (χ3n) is 3.76. The normalized spacial score (nSPS) is 12.8. The van der Waals surface area contributed by atoms with Gasteiger partial charge >= 0.3 is 12.0 Å². The average Bonchev–Trinajstić information content (AvgIpc) is 2.59. The molecule has 0 saturated heterocycles. The first-order valence-electron chi connectivity index (χ1n) is 8.28. The largest absolute Gasteiger partial charge is 0.455 e. The molecule has 0 aliphatic heterocycles. The van der Waals surface area contributed by atoms with Gasteiger partial charge in [0.05, 0.1) is 5.92 Å². The lowest BCUT2D eigenvalue weighted by Crippen LogP contribution is -2.42. The molecule has 0 aromatic heterocycles. The summed E-state index contributed by atoms with van der Waals surface area (Å²) in [5, 5.41) is 4.64. The number of esters is 1. The SMILES string of the molecule is CCCNC(=O)NC(=O)COC(=O)C(c1ccccc1)C(C)CC. The first-order chi connectivity index (χ1) is 11.5. The minimum atomic E-state index is -0.645. The van der Waals surface area contributed by atoms with Crippen LogP contribution in [-0.2, 0) is 14.3 Å². The summed E-state index contributed by atoms with van der Waals surface area (Å²) in [6, 6.07) is 8.77. The molecule has 24 heavy (non-hydrogen) atoms. The van der Waals surface area contributed by atoms with Gasteiger partial charge in [0.1, 0.15) is 0 Å². The van der Waals surface area contributed by atoms with E-state index in [-0.39, 0.29) is 5.92 Å². The number of hydrogen-bond donors (Lipinski definition) is 2. The summed E-state index contributed by atoms with van der Waals surface area (Å²) < 4.78 is 5.12. The number of urea groups is 1. The molecule has 1 rings (SSSR count). The molecule has 2 atom stereocenters. The second kappa shape index (κ2) is 10.4. The Morgan fingerprint density at radius 2 is 1.79 bits per heavy atom. The highest BCUT2D eigenvalue weighted by molar-refractivity contribution is 5.95. The van der Waals surface area contributed by atoms with Gasteiger partial charge in [-0.25, -0.2) is 4.79 Å². The fourth-order valence-electron chi connectivity index (χ4n) is 2.26. The van der Waals surface area contributed by atoms with E-state index in [1.807, 2.05) is 51.1 Å². The van der Waals surface area contributed by atoms with Crippen molar-refractivity contribution in [3.63, 3.8) is 0 Å². The van der Waals surface area contributed by atoms with E-state index in [1.165, 1.54) is 0 Å². The van der Waals surface area contributed by atoms with Crippen LogP contribution in [0.1, 0.15) is 45.1 Å². The Hall–Kier alpha value is -2.37. The van der Waals surface area contributed by atoms with Gasteiger partial charge < -0.3 is 10.1 Å². The molecule has 6 nitrogen and oxygen atoms in total. The van der Waals surface area contributed by atoms with Crippen molar-refractivity contribution < 1.29 is 19.1 Å². The molecule has 0 fully saturated rings. The van der Waals surface area contributed by atoms with Crippen LogP contribution in [0.15, 0.2) is 30.3 Å². The number of carbonyl (C=O) groups is 3. The maximum absolute atomic E-state index is 12.4. The van der Waals surface area contributed by atoms with Gasteiger partial charge in [0.2, 0.25) is 0 Å². The summed E-state index contributed by atoms with van der Waals surface area (Å²) in [7, 11) is 0. The number of hydrogen-bond acceptors (Lipinski definition) is 4. The smallest absolute Gasteiger partial charge is 0.321 e. The zero-order valence-corrected chi connectivity index (χ0v) is 14.5. The van der Waals surface area contributed by atoms with Gasteiger partial charge in [0, 0.05) is 6.54 Å². The standard InChI is InChI=1S/C18H26N2O4/c1-4-11-19-18(23)20-15(21)12-24-17(22)16(13(3)5-2)14-9-7-6-8-10-14/h6-10,13,16H,4-5,11-12H2,1-3H3,(H2,19,20,21,23). The molecule has 0 aliphatic rings. The van der Waals surface area contributed by atoms with Gasteiger partial charge in [-0.3, -0.25) is 14.9 Å². The quantitative estimate of drug-likeness (QED) is 0.716. The molecule has 0 spiro atoms. The Bertz CT molecular complexity index is 545. The molecule has 0 radical (unpaired) electrons.